The number of benzene rings is 1. The SMILES string of the molecule is Cc1nn(C)c(CC(CBr)Cc2ccc(F)cc2)c1Br. The van der Waals surface area contributed by atoms with Crippen LogP contribution in [0.2, 0.25) is 0 Å². The van der Waals surface area contributed by atoms with Crippen LogP contribution >= 0.6 is 31.9 Å². The fourth-order valence-corrected chi connectivity index (χ4v) is 3.27. The first kappa shape index (κ1) is 15.7. The van der Waals surface area contributed by atoms with Crippen molar-refractivity contribution in [3.63, 3.8) is 0 Å². The first-order chi connectivity index (χ1) is 9.51. The van der Waals surface area contributed by atoms with Crippen LogP contribution in [0.4, 0.5) is 4.39 Å². The highest BCUT2D eigenvalue weighted by Gasteiger charge is 2.16. The molecule has 0 spiro atoms. The molecule has 20 heavy (non-hydrogen) atoms. The van der Waals surface area contributed by atoms with Crippen LogP contribution in [0.25, 0.3) is 0 Å². The summed E-state index contributed by atoms with van der Waals surface area (Å²) in [5.41, 5.74) is 3.37. The number of aromatic nitrogens is 2. The molecule has 0 bridgehead atoms. The molecule has 0 fully saturated rings. The van der Waals surface area contributed by atoms with Crippen molar-refractivity contribution in [3.8, 4) is 0 Å². The van der Waals surface area contributed by atoms with E-state index in [1.165, 1.54) is 17.8 Å². The van der Waals surface area contributed by atoms with Gasteiger partial charge in [-0.25, -0.2) is 4.39 Å². The Morgan fingerprint density at radius 3 is 2.40 bits per heavy atom. The van der Waals surface area contributed by atoms with Gasteiger partial charge in [-0.1, -0.05) is 28.1 Å². The minimum absolute atomic E-state index is 0.186. The van der Waals surface area contributed by atoms with E-state index in [-0.39, 0.29) is 5.82 Å². The molecular weight excluding hydrogens is 387 g/mol. The third kappa shape index (κ3) is 3.70. The molecule has 0 N–H and O–H groups in total. The molecular formula is C15H17Br2FN2. The van der Waals surface area contributed by atoms with Crippen LogP contribution in [0.3, 0.4) is 0 Å². The van der Waals surface area contributed by atoms with E-state index in [1.54, 1.807) is 0 Å². The van der Waals surface area contributed by atoms with Crippen molar-refractivity contribution in [1.82, 2.24) is 9.78 Å². The van der Waals surface area contributed by atoms with Gasteiger partial charge in [0.1, 0.15) is 5.82 Å². The Labute approximate surface area is 135 Å². The number of aryl methyl sites for hydroxylation is 2. The lowest BCUT2D eigenvalue weighted by Gasteiger charge is -2.15. The van der Waals surface area contributed by atoms with E-state index in [0.717, 1.165) is 33.9 Å². The van der Waals surface area contributed by atoms with Crippen LogP contribution in [0.15, 0.2) is 28.7 Å². The topological polar surface area (TPSA) is 17.8 Å². The van der Waals surface area contributed by atoms with E-state index >= 15 is 0 Å². The van der Waals surface area contributed by atoms with E-state index in [9.17, 15) is 4.39 Å². The number of nitrogens with zero attached hydrogens (tertiary/aromatic N) is 2. The zero-order valence-electron chi connectivity index (χ0n) is 11.5. The summed E-state index contributed by atoms with van der Waals surface area (Å²) in [7, 11) is 1.97. The highest BCUT2D eigenvalue weighted by Crippen LogP contribution is 2.25. The van der Waals surface area contributed by atoms with Crippen LogP contribution in [0.1, 0.15) is 17.0 Å². The number of rotatable bonds is 5. The molecule has 5 heteroatoms. The molecule has 2 aromatic rings. The summed E-state index contributed by atoms with van der Waals surface area (Å²) in [5, 5.41) is 5.33. The summed E-state index contributed by atoms with van der Waals surface area (Å²) in [5.74, 6) is 0.265. The number of hydrogen-bond acceptors (Lipinski definition) is 1. The maximum Gasteiger partial charge on any atom is 0.123 e. The van der Waals surface area contributed by atoms with Gasteiger partial charge in [0, 0.05) is 12.4 Å². The lowest BCUT2D eigenvalue weighted by atomic mass is 9.96. The number of hydrogen-bond donors (Lipinski definition) is 0. The van der Waals surface area contributed by atoms with E-state index in [1.807, 2.05) is 30.8 Å². The molecule has 0 saturated carbocycles. The van der Waals surface area contributed by atoms with Crippen molar-refractivity contribution in [2.75, 3.05) is 5.33 Å². The molecule has 2 rings (SSSR count). The minimum Gasteiger partial charge on any atom is -0.271 e. The lowest BCUT2D eigenvalue weighted by molar-refractivity contribution is 0.554. The van der Waals surface area contributed by atoms with Gasteiger partial charge in [0.2, 0.25) is 0 Å². The van der Waals surface area contributed by atoms with E-state index in [2.05, 4.69) is 37.0 Å². The first-order valence-electron chi connectivity index (χ1n) is 6.49. The molecule has 108 valence electrons. The molecule has 0 aliphatic heterocycles. The zero-order chi connectivity index (χ0) is 14.7. The minimum atomic E-state index is -0.186. The molecule has 0 aliphatic rings. The van der Waals surface area contributed by atoms with Crippen molar-refractivity contribution in [3.05, 3.63) is 51.5 Å². The molecule has 2 nitrogen and oxygen atoms in total. The molecule has 0 aliphatic carbocycles. The predicted octanol–water partition coefficient (Wildman–Crippen LogP) is 4.43. The number of halogens is 3. The Hall–Kier alpha value is -0.680. The number of alkyl halides is 1. The highest BCUT2D eigenvalue weighted by molar-refractivity contribution is 9.10. The van der Waals surface area contributed by atoms with Crippen LogP contribution in [-0.4, -0.2) is 15.1 Å². The van der Waals surface area contributed by atoms with Gasteiger partial charge in [-0.3, -0.25) is 4.68 Å². The second kappa shape index (κ2) is 6.85. The normalized spacial score (nSPS) is 12.7. The van der Waals surface area contributed by atoms with Crippen LogP contribution in [0.5, 0.6) is 0 Å². The summed E-state index contributed by atoms with van der Waals surface area (Å²) < 4.78 is 16.0. The Bertz CT molecular complexity index is 578. The van der Waals surface area contributed by atoms with Crippen LogP contribution in [-0.2, 0) is 19.9 Å². The second-order valence-electron chi connectivity index (χ2n) is 5.02. The Balaban J connectivity index is 2.11. The van der Waals surface area contributed by atoms with Crippen molar-refractivity contribution in [2.24, 2.45) is 13.0 Å². The van der Waals surface area contributed by atoms with Gasteiger partial charge >= 0.3 is 0 Å². The molecule has 0 amide bonds. The smallest absolute Gasteiger partial charge is 0.123 e. The average Bonchev–Trinajstić information content (AvgIpc) is 2.66. The van der Waals surface area contributed by atoms with E-state index in [4.69, 9.17) is 0 Å². The molecule has 1 atom stereocenters. The summed E-state index contributed by atoms with van der Waals surface area (Å²) in [4.78, 5) is 0. The highest BCUT2D eigenvalue weighted by atomic mass is 79.9. The van der Waals surface area contributed by atoms with Crippen molar-refractivity contribution >= 4 is 31.9 Å². The van der Waals surface area contributed by atoms with Gasteiger partial charge < -0.3 is 0 Å². The van der Waals surface area contributed by atoms with Gasteiger partial charge in [0.05, 0.1) is 15.9 Å². The van der Waals surface area contributed by atoms with Crippen molar-refractivity contribution < 1.29 is 4.39 Å². The zero-order valence-corrected chi connectivity index (χ0v) is 14.7. The molecule has 0 radical (unpaired) electrons. The molecule has 1 heterocycles. The summed E-state index contributed by atoms with van der Waals surface area (Å²) >= 11 is 7.19. The van der Waals surface area contributed by atoms with E-state index in [0.29, 0.717) is 5.92 Å². The largest absolute Gasteiger partial charge is 0.271 e. The average molecular weight is 404 g/mol. The molecule has 1 aromatic heterocycles. The standard InChI is InChI=1S/C15H17Br2FN2/c1-10-15(17)14(20(2)19-10)8-12(9-16)7-11-3-5-13(18)6-4-11/h3-6,12H,7-9H2,1-2H3. The summed E-state index contributed by atoms with van der Waals surface area (Å²) in [6.07, 6.45) is 1.85. The van der Waals surface area contributed by atoms with E-state index < -0.39 is 0 Å². The molecule has 1 unspecified atom stereocenters. The van der Waals surface area contributed by atoms with Gasteiger partial charge in [0.15, 0.2) is 0 Å². The summed E-state index contributed by atoms with van der Waals surface area (Å²) in [6.45, 7) is 2.00. The monoisotopic (exact) mass is 402 g/mol. The third-order valence-corrected chi connectivity index (χ3v) is 5.35. The quantitative estimate of drug-likeness (QED) is 0.675. The van der Waals surface area contributed by atoms with Gasteiger partial charge in [-0.2, -0.15) is 5.10 Å². The maximum absolute atomic E-state index is 12.9. The maximum atomic E-state index is 12.9. The van der Waals surface area contributed by atoms with Crippen LogP contribution < -0.4 is 0 Å². The second-order valence-corrected chi connectivity index (χ2v) is 6.47. The van der Waals surface area contributed by atoms with Gasteiger partial charge in [0.25, 0.3) is 0 Å². The molecule has 0 saturated heterocycles. The van der Waals surface area contributed by atoms with Crippen LogP contribution in [0, 0.1) is 18.7 Å². The predicted molar refractivity (Wildman–Crippen MR) is 86.7 cm³/mol. The summed E-state index contributed by atoms with van der Waals surface area (Å²) in [6, 6.07) is 6.75. The van der Waals surface area contributed by atoms with Crippen molar-refractivity contribution in [2.45, 2.75) is 19.8 Å². The third-order valence-electron chi connectivity index (χ3n) is 3.40. The Kier molecular flexibility index (Phi) is 5.38. The lowest BCUT2D eigenvalue weighted by Crippen LogP contribution is -2.13. The van der Waals surface area contributed by atoms with Gasteiger partial charge in [-0.15, -0.1) is 0 Å². The van der Waals surface area contributed by atoms with Crippen molar-refractivity contribution in [1.29, 1.82) is 0 Å². The first-order valence-corrected chi connectivity index (χ1v) is 8.41. The molecule has 1 aromatic carbocycles. The Morgan fingerprint density at radius 2 is 1.90 bits per heavy atom. The van der Waals surface area contributed by atoms with Gasteiger partial charge in [-0.05, 0) is 59.3 Å². The fraction of sp³-hybridized carbons (Fsp3) is 0.400. The fourth-order valence-electron chi connectivity index (χ4n) is 2.31. The Morgan fingerprint density at radius 1 is 1.25 bits per heavy atom.